The van der Waals surface area contributed by atoms with E-state index in [0.29, 0.717) is 11.5 Å². The number of methoxy groups -OCH3 is 1. The van der Waals surface area contributed by atoms with E-state index in [-0.39, 0.29) is 11.9 Å². The number of nitrogens with one attached hydrogen (secondary N) is 1. The van der Waals surface area contributed by atoms with Gasteiger partial charge in [-0.3, -0.25) is 9.78 Å². The van der Waals surface area contributed by atoms with Crippen LogP contribution in [0, 0.1) is 6.92 Å². The van der Waals surface area contributed by atoms with Crippen molar-refractivity contribution in [3.63, 3.8) is 0 Å². The van der Waals surface area contributed by atoms with Crippen LogP contribution in [0.1, 0.15) is 27.9 Å². The quantitative estimate of drug-likeness (QED) is 0.627. The van der Waals surface area contributed by atoms with Crippen molar-refractivity contribution in [3.8, 4) is 0 Å². The molecule has 1 unspecified atom stereocenters. The van der Waals surface area contributed by atoms with Crippen LogP contribution in [0.3, 0.4) is 0 Å². The molecule has 0 aromatic carbocycles. The number of nitrogens with zero attached hydrogens (tertiary/aromatic N) is 4. The van der Waals surface area contributed by atoms with Gasteiger partial charge in [0, 0.05) is 45.1 Å². The molecule has 0 aliphatic heterocycles. The van der Waals surface area contributed by atoms with Crippen LogP contribution in [0.2, 0.25) is 0 Å². The molecule has 1 N–H and O–H groups in total. The Balaban J connectivity index is 1.83. The third-order valence-corrected chi connectivity index (χ3v) is 5.70. The molecule has 3 rings (SSSR count). The number of thiophene rings is 1. The number of hydrogen-bond acceptors (Lipinski definition) is 7. The summed E-state index contributed by atoms with van der Waals surface area (Å²) >= 11 is 1.40. The second-order valence-electron chi connectivity index (χ2n) is 6.76. The zero-order chi connectivity index (χ0) is 20.1. The van der Waals surface area contributed by atoms with Gasteiger partial charge in [-0.1, -0.05) is 6.07 Å². The predicted molar refractivity (Wildman–Crippen MR) is 112 cm³/mol. The van der Waals surface area contributed by atoms with Crippen molar-refractivity contribution in [2.24, 2.45) is 0 Å². The lowest BCUT2D eigenvalue weighted by atomic mass is 10.1. The van der Waals surface area contributed by atoms with Crippen molar-refractivity contribution in [1.29, 1.82) is 0 Å². The van der Waals surface area contributed by atoms with Gasteiger partial charge in [0.25, 0.3) is 5.91 Å². The molecule has 0 saturated carbocycles. The molecular weight excluding hydrogens is 374 g/mol. The first-order valence-electron chi connectivity index (χ1n) is 9.16. The molecule has 0 aliphatic carbocycles. The fourth-order valence-electron chi connectivity index (χ4n) is 3.07. The number of ether oxygens (including phenoxy) is 1. The number of rotatable bonds is 8. The standard InChI is InChI=1S/C20H25N5O2S/c1-13(11-27-4)24-19(26)17-14(2)16-18(22-12-23-20(16)28-17)25(3)10-8-15-7-5-6-9-21-15/h5-7,9,12-13H,8,10-11H2,1-4H3,(H,24,26). The Morgan fingerprint density at radius 1 is 1.32 bits per heavy atom. The highest BCUT2D eigenvalue weighted by molar-refractivity contribution is 7.20. The van der Waals surface area contributed by atoms with Crippen molar-refractivity contribution in [2.45, 2.75) is 26.3 Å². The van der Waals surface area contributed by atoms with Gasteiger partial charge in [0.05, 0.1) is 16.9 Å². The van der Waals surface area contributed by atoms with Crippen molar-refractivity contribution in [1.82, 2.24) is 20.3 Å². The lowest BCUT2D eigenvalue weighted by Crippen LogP contribution is -2.35. The number of fused-ring (bicyclic) bond motifs is 1. The van der Waals surface area contributed by atoms with E-state index in [4.69, 9.17) is 4.74 Å². The molecule has 28 heavy (non-hydrogen) atoms. The lowest BCUT2D eigenvalue weighted by molar-refractivity contribution is 0.0909. The highest BCUT2D eigenvalue weighted by atomic mass is 32.1. The molecule has 0 spiro atoms. The second kappa shape index (κ2) is 9.07. The lowest BCUT2D eigenvalue weighted by Gasteiger charge is -2.19. The molecule has 148 valence electrons. The molecule has 0 radical (unpaired) electrons. The van der Waals surface area contributed by atoms with Crippen LogP contribution in [-0.4, -0.2) is 54.2 Å². The smallest absolute Gasteiger partial charge is 0.262 e. The first-order valence-corrected chi connectivity index (χ1v) is 9.97. The van der Waals surface area contributed by atoms with Crippen molar-refractivity contribution in [3.05, 3.63) is 46.9 Å². The summed E-state index contributed by atoms with van der Waals surface area (Å²) in [6.07, 6.45) is 4.17. The van der Waals surface area contributed by atoms with Crippen molar-refractivity contribution < 1.29 is 9.53 Å². The summed E-state index contributed by atoms with van der Waals surface area (Å²) in [6, 6.07) is 5.86. The first kappa shape index (κ1) is 20.2. The summed E-state index contributed by atoms with van der Waals surface area (Å²) in [5, 5.41) is 3.90. The van der Waals surface area contributed by atoms with Crippen LogP contribution in [-0.2, 0) is 11.2 Å². The molecule has 3 aromatic rings. The van der Waals surface area contributed by atoms with Crippen LogP contribution < -0.4 is 10.2 Å². The van der Waals surface area contributed by atoms with Gasteiger partial charge >= 0.3 is 0 Å². The molecule has 0 bridgehead atoms. The number of likely N-dealkylation sites (N-methyl/N-ethyl adjacent to an activating group) is 1. The molecule has 3 heterocycles. The van der Waals surface area contributed by atoms with Gasteiger partial charge in [0.1, 0.15) is 17.0 Å². The number of amides is 1. The van der Waals surface area contributed by atoms with Crippen molar-refractivity contribution >= 4 is 33.3 Å². The Morgan fingerprint density at radius 3 is 2.86 bits per heavy atom. The maximum absolute atomic E-state index is 12.7. The third kappa shape index (κ3) is 4.45. The molecule has 0 saturated heterocycles. The Morgan fingerprint density at radius 2 is 2.14 bits per heavy atom. The average Bonchev–Trinajstić information content (AvgIpc) is 3.04. The van der Waals surface area contributed by atoms with E-state index in [1.807, 2.05) is 39.1 Å². The van der Waals surface area contributed by atoms with E-state index in [1.54, 1.807) is 19.6 Å². The molecule has 0 fully saturated rings. The predicted octanol–water partition coefficient (Wildman–Crippen LogP) is 2.84. The summed E-state index contributed by atoms with van der Waals surface area (Å²) in [4.78, 5) is 29.5. The summed E-state index contributed by atoms with van der Waals surface area (Å²) in [5.41, 5.74) is 1.94. The number of aryl methyl sites for hydroxylation is 1. The Hall–Kier alpha value is -2.58. The zero-order valence-electron chi connectivity index (χ0n) is 16.6. The normalized spacial score (nSPS) is 12.1. The Kier molecular flexibility index (Phi) is 6.53. The molecule has 3 aromatic heterocycles. The minimum atomic E-state index is -0.105. The van der Waals surface area contributed by atoms with E-state index in [9.17, 15) is 4.79 Å². The van der Waals surface area contributed by atoms with E-state index in [1.165, 1.54) is 11.3 Å². The minimum absolute atomic E-state index is 0.0614. The topological polar surface area (TPSA) is 80.2 Å². The van der Waals surface area contributed by atoms with Crippen LogP contribution in [0.5, 0.6) is 0 Å². The number of aromatic nitrogens is 3. The average molecular weight is 400 g/mol. The van der Waals surface area contributed by atoms with Crippen LogP contribution in [0.15, 0.2) is 30.7 Å². The van der Waals surface area contributed by atoms with Crippen LogP contribution in [0.25, 0.3) is 10.2 Å². The van der Waals surface area contributed by atoms with Gasteiger partial charge in [0.15, 0.2) is 0 Å². The maximum Gasteiger partial charge on any atom is 0.262 e. The summed E-state index contributed by atoms with van der Waals surface area (Å²) < 4.78 is 5.10. The summed E-state index contributed by atoms with van der Waals surface area (Å²) in [5.74, 6) is 0.728. The summed E-state index contributed by atoms with van der Waals surface area (Å²) in [6.45, 7) is 5.11. The SMILES string of the molecule is COCC(C)NC(=O)c1sc2ncnc(N(C)CCc3ccccn3)c2c1C. The van der Waals surface area contributed by atoms with Gasteiger partial charge in [-0.05, 0) is 31.5 Å². The van der Waals surface area contributed by atoms with Gasteiger partial charge in [0.2, 0.25) is 0 Å². The third-order valence-electron chi connectivity index (χ3n) is 4.50. The fourth-order valence-corrected chi connectivity index (χ4v) is 4.12. The van der Waals surface area contributed by atoms with Crippen LogP contribution >= 0.6 is 11.3 Å². The van der Waals surface area contributed by atoms with E-state index in [2.05, 4.69) is 25.2 Å². The minimum Gasteiger partial charge on any atom is -0.383 e. The summed E-state index contributed by atoms with van der Waals surface area (Å²) in [7, 11) is 3.62. The van der Waals surface area contributed by atoms with Crippen molar-refractivity contribution in [2.75, 3.05) is 32.2 Å². The monoisotopic (exact) mass is 399 g/mol. The van der Waals surface area contributed by atoms with Gasteiger partial charge in [-0.15, -0.1) is 11.3 Å². The molecule has 7 nitrogen and oxygen atoms in total. The number of hydrogen-bond donors (Lipinski definition) is 1. The number of anilines is 1. The second-order valence-corrected chi connectivity index (χ2v) is 7.76. The molecule has 1 amide bonds. The largest absolute Gasteiger partial charge is 0.383 e. The highest BCUT2D eigenvalue weighted by Crippen LogP contribution is 2.34. The molecule has 1 atom stereocenters. The molecule has 8 heteroatoms. The molecular formula is C20H25N5O2S. The molecule has 0 aliphatic rings. The van der Waals surface area contributed by atoms with Gasteiger partial charge in [-0.2, -0.15) is 0 Å². The van der Waals surface area contributed by atoms with Crippen LogP contribution in [0.4, 0.5) is 5.82 Å². The zero-order valence-corrected chi connectivity index (χ0v) is 17.4. The first-order chi connectivity index (χ1) is 13.5. The Bertz CT molecular complexity index is 944. The van der Waals surface area contributed by atoms with E-state index < -0.39 is 0 Å². The number of carbonyl (C=O) groups is 1. The highest BCUT2D eigenvalue weighted by Gasteiger charge is 2.21. The van der Waals surface area contributed by atoms with E-state index in [0.717, 1.165) is 40.3 Å². The fraction of sp³-hybridized carbons (Fsp3) is 0.400. The Labute approximate surface area is 168 Å². The number of pyridine rings is 1. The van der Waals surface area contributed by atoms with Gasteiger partial charge < -0.3 is 15.0 Å². The maximum atomic E-state index is 12.7. The number of carbonyl (C=O) groups excluding carboxylic acids is 1. The van der Waals surface area contributed by atoms with Gasteiger partial charge in [-0.25, -0.2) is 9.97 Å². The van der Waals surface area contributed by atoms with E-state index >= 15 is 0 Å².